The fourth-order valence-corrected chi connectivity index (χ4v) is 2.48. The third-order valence-electron chi connectivity index (χ3n) is 3.01. The molecule has 0 amide bonds. The Morgan fingerprint density at radius 3 is 2.71 bits per heavy atom. The van der Waals surface area contributed by atoms with Gasteiger partial charge < -0.3 is 10.6 Å². The van der Waals surface area contributed by atoms with Crippen molar-refractivity contribution in [3.8, 4) is 0 Å². The SMILES string of the molecule is CCCNc1ncc(C)c(Nc2cc(Cl)c(C)cc2Br)n1. The van der Waals surface area contributed by atoms with Crippen molar-refractivity contribution in [1.82, 2.24) is 9.97 Å². The van der Waals surface area contributed by atoms with Gasteiger partial charge >= 0.3 is 0 Å². The van der Waals surface area contributed by atoms with Crippen LogP contribution >= 0.6 is 27.5 Å². The van der Waals surface area contributed by atoms with Crippen molar-refractivity contribution in [2.45, 2.75) is 27.2 Å². The molecule has 0 radical (unpaired) electrons. The number of rotatable bonds is 5. The number of hydrogen-bond donors (Lipinski definition) is 2. The van der Waals surface area contributed by atoms with Gasteiger partial charge in [-0.1, -0.05) is 18.5 Å². The molecule has 2 aromatic rings. The Hall–Kier alpha value is -1.33. The summed E-state index contributed by atoms with van der Waals surface area (Å²) < 4.78 is 0.950. The van der Waals surface area contributed by atoms with Crippen molar-refractivity contribution >= 4 is 45.0 Å². The monoisotopic (exact) mass is 368 g/mol. The normalized spacial score (nSPS) is 10.5. The molecule has 0 aliphatic rings. The van der Waals surface area contributed by atoms with Crippen LogP contribution in [0.25, 0.3) is 0 Å². The number of aromatic nitrogens is 2. The molecule has 21 heavy (non-hydrogen) atoms. The molecule has 6 heteroatoms. The molecule has 0 spiro atoms. The number of benzene rings is 1. The number of nitrogens with zero attached hydrogens (tertiary/aromatic N) is 2. The number of hydrogen-bond acceptors (Lipinski definition) is 4. The van der Waals surface area contributed by atoms with Gasteiger partial charge in [0.15, 0.2) is 0 Å². The molecule has 0 unspecified atom stereocenters. The van der Waals surface area contributed by atoms with Crippen LogP contribution < -0.4 is 10.6 Å². The largest absolute Gasteiger partial charge is 0.354 e. The zero-order chi connectivity index (χ0) is 15.4. The molecule has 1 aromatic carbocycles. The first kappa shape index (κ1) is 16.0. The van der Waals surface area contributed by atoms with Crippen molar-refractivity contribution in [3.63, 3.8) is 0 Å². The zero-order valence-corrected chi connectivity index (χ0v) is 14.6. The van der Waals surface area contributed by atoms with Crippen LogP contribution in [0.15, 0.2) is 22.8 Å². The van der Waals surface area contributed by atoms with E-state index in [1.54, 1.807) is 6.20 Å². The second-order valence-electron chi connectivity index (χ2n) is 4.86. The van der Waals surface area contributed by atoms with Crippen LogP contribution in [0.3, 0.4) is 0 Å². The van der Waals surface area contributed by atoms with Crippen LogP contribution in [0.2, 0.25) is 5.02 Å². The van der Waals surface area contributed by atoms with E-state index in [9.17, 15) is 0 Å². The Morgan fingerprint density at radius 1 is 1.24 bits per heavy atom. The summed E-state index contributed by atoms with van der Waals surface area (Å²) in [5.74, 6) is 1.39. The lowest BCUT2D eigenvalue weighted by atomic mass is 10.2. The van der Waals surface area contributed by atoms with Gasteiger partial charge in [0.05, 0.1) is 5.69 Å². The predicted molar refractivity (Wildman–Crippen MR) is 92.7 cm³/mol. The molecule has 0 aliphatic heterocycles. The minimum absolute atomic E-state index is 0.624. The van der Waals surface area contributed by atoms with Crippen molar-refractivity contribution in [3.05, 3.63) is 39.0 Å². The van der Waals surface area contributed by atoms with Gasteiger partial charge in [-0.15, -0.1) is 0 Å². The Bertz CT molecular complexity index is 646. The predicted octanol–water partition coefficient (Wildman–Crippen LogP) is 5.07. The van der Waals surface area contributed by atoms with Gasteiger partial charge in [-0.3, -0.25) is 0 Å². The number of nitrogens with one attached hydrogen (secondary N) is 2. The highest BCUT2D eigenvalue weighted by molar-refractivity contribution is 9.10. The molecule has 0 saturated heterocycles. The summed E-state index contributed by atoms with van der Waals surface area (Å²) in [6.45, 7) is 6.89. The fourth-order valence-electron chi connectivity index (χ4n) is 1.76. The van der Waals surface area contributed by atoms with E-state index in [0.29, 0.717) is 5.95 Å². The van der Waals surface area contributed by atoms with Gasteiger partial charge in [-0.2, -0.15) is 4.98 Å². The van der Waals surface area contributed by atoms with Gasteiger partial charge in [-0.25, -0.2) is 4.98 Å². The molecule has 2 rings (SSSR count). The third-order valence-corrected chi connectivity index (χ3v) is 4.07. The topological polar surface area (TPSA) is 49.8 Å². The Balaban J connectivity index is 2.28. The summed E-state index contributed by atoms with van der Waals surface area (Å²) in [5, 5.41) is 7.20. The zero-order valence-electron chi connectivity index (χ0n) is 12.3. The summed E-state index contributed by atoms with van der Waals surface area (Å²) in [6.07, 6.45) is 2.83. The summed E-state index contributed by atoms with van der Waals surface area (Å²) in [7, 11) is 0. The number of anilines is 3. The molecule has 0 fully saturated rings. The van der Waals surface area contributed by atoms with Crippen LogP contribution in [0.1, 0.15) is 24.5 Å². The van der Waals surface area contributed by atoms with Crippen LogP contribution in [0.5, 0.6) is 0 Å². The molecule has 112 valence electrons. The van der Waals surface area contributed by atoms with Crippen molar-refractivity contribution < 1.29 is 0 Å². The van der Waals surface area contributed by atoms with Gasteiger partial charge in [0.1, 0.15) is 5.82 Å². The highest BCUT2D eigenvalue weighted by Gasteiger charge is 2.08. The van der Waals surface area contributed by atoms with E-state index in [1.165, 1.54) is 0 Å². The minimum atomic E-state index is 0.624. The van der Waals surface area contributed by atoms with Crippen molar-refractivity contribution in [1.29, 1.82) is 0 Å². The molecule has 0 saturated carbocycles. The molecular formula is C15H18BrClN4. The Morgan fingerprint density at radius 2 is 2.00 bits per heavy atom. The molecule has 1 heterocycles. The van der Waals surface area contributed by atoms with E-state index in [1.807, 2.05) is 26.0 Å². The van der Waals surface area contributed by atoms with E-state index in [-0.39, 0.29) is 0 Å². The van der Waals surface area contributed by atoms with Crippen molar-refractivity contribution in [2.75, 3.05) is 17.2 Å². The lowest BCUT2D eigenvalue weighted by molar-refractivity contribution is 0.950. The molecule has 2 N–H and O–H groups in total. The van der Waals surface area contributed by atoms with Crippen LogP contribution in [-0.4, -0.2) is 16.5 Å². The summed E-state index contributed by atoms with van der Waals surface area (Å²) in [4.78, 5) is 8.77. The summed E-state index contributed by atoms with van der Waals surface area (Å²) in [5.41, 5.74) is 2.88. The summed E-state index contributed by atoms with van der Waals surface area (Å²) >= 11 is 9.73. The lowest BCUT2D eigenvalue weighted by Gasteiger charge is -2.13. The summed E-state index contributed by atoms with van der Waals surface area (Å²) in [6, 6.07) is 3.87. The first-order valence-electron chi connectivity index (χ1n) is 6.81. The van der Waals surface area contributed by atoms with E-state index in [4.69, 9.17) is 11.6 Å². The van der Waals surface area contributed by atoms with E-state index >= 15 is 0 Å². The smallest absolute Gasteiger partial charge is 0.224 e. The van der Waals surface area contributed by atoms with E-state index in [2.05, 4.69) is 43.5 Å². The number of aryl methyl sites for hydroxylation is 2. The molecule has 4 nitrogen and oxygen atoms in total. The first-order valence-corrected chi connectivity index (χ1v) is 7.98. The van der Waals surface area contributed by atoms with Gasteiger partial charge in [0, 0.05) is 27.8 Å². The molecule has 0 atom stereocenters. The maximum Gasteiger partial charge on any atom is 0.224 e. The second kappa shape index (κ2) is 7.09. The third kappa shape index (κ3) is 4.08. The average Bonchev–Trinajstić information content (AvgIpc) is 2.45. The second-order valence-corrected chi connectivity index (χ2v) is 6.12. The average molecular weight is 370 g/mol. The molecular weight excluding hydrogens is 352 g/mol. The maximum absolute atomic E-state index is 6.19. The molecule has 0 aliphatic carbocycles. The Labute approximate surface area is 138 Å². The maximum atomic E-state index is 6.19. The highest BCUT2D eigenvalue weighted by Crippen LogP contribution is 2.31. The highest BCUT2D eigenvalue weighted by atomic mass is 79.9. The quantitative estimate of drug-likeness (QED) is 0.772. The van der Waals surface area contributed by atoms with Crippen molar-refractivity contribution in [2.24, 2.45) is 0 Å². The standard InChI is InChI=1S/C15H18BrClN4/c1-4-5-18-15-19-8-10(3)14(21-15)20-13-7-12(17)9(2)6-11(13)16/h6-8H,4-5H2,1-3H3,(H2,18,19,20,21). The van der Waals surface area contributed by atoms with Gasteiger partial charge in [0.2, 0.25) is 5.95 Å². The lowest BCUT2D eigenvalue weighted by Crippen LogP contribution is -2.07. The fraction of sp³-hybridized carbons (Fsp3) is 0.333. The molecule has 0 bridgehead atoms. The molecule has 1 aromatic heterocycles. The van der Waals surface area contributed by atoms with Gasteiger partial charge in [0.25, 0.3) is 0 Å². The van der Waals surface area contributed by atoms with Crippen LogP contribution in [0, 0.1) is 13.8 Å². The minimum Gasteiger partial charge on any atom is -0.354 e. The van der Waals surface area contributed by atoms with Gasteiger partial charge in [-0.05, 0) is 53.9 Å². The van der Waals surface area contributed by atoms with Crippen LogP contribution in [-0.2, 0) is 0 Å². The Kier molecular flexibility index (Phi) is 5.42. The first-order chi connectivity index (χ1) is 10.0. The number of halogens is 2. The van der Waals surface area contributed by atoms with E-state index < -0.39 is 0 Å². The van der Waals surface area contributed by atoms with Crippen LogP contribution in [0.4, 0.5) is 17.5 Å². The van der Waals surface area contributed by atoms with E-state index in [0.717, 1.165) is 45.1 Å².